The fourth-order valence-corrected chi connectivity index (χ4v) is 3.48. The van der Waals surface area contributed by atoms with Gasteiger partial charge in [-0.15, -0.1) is 0 Å². The Morgan fingerprint density at radius 3 is 2.68 bits per heavy atom. The number of nitrogens with one attached hydrogen (secondary N) is 1. The molecule has 2 aromatic heterocycles. The first kappa shape index (κ1) is 20.4. The predicted molar refractivity (Wildman–Crippen MR) is 119 cm³/mol. The number of carbonyl (C=O) groups is 1. The summed E-state index contributed by atoms with van der Waals surface area (Å²) in [6.07, 6.45) is 3.40. The van der Waals surface area contributed by atoms with E-state index in [-0.39, 0.29) is 36.8 Å². The molecule has 0 bridgehead atoms. The Bertz CT molecular complexity index is 1280. The van der Waals surface area contributed by atoms with Crippen LogP contribution in [-0.2, 0) is 31.6 Å². The van der Waals surface area contributed by atoms with Crippen LogP contribution in [0.3, 0.4) is 0 Å². The van der Waals surface area contributed by atoms with Crippen LogP contribution in [0.5, 0.6) is 5.75 Å². The molecule has 1 amide bonds. The van der Waals surface area contributed by atoms with E-state index in [2.05, 4.69) is 5.32 Å². The standard InChI is InChI=1S/C24H23N3O4/c1-26-11-10-19-20(8-5-9-21(19)26)25-24(30)14-27-13-23(22(29)12-18(27)15-28)31-16-17-6-3-2-4-7-17/h2-13,28H,14-16H2,1H3,(H,25,30). The van der Waals surface area contributed by atoms with E-state index in [1.807, 2.05) is 72.4 Å². The van der Waals surface area contributed by atoms with Crippen molar-refractivity contribution < 1.29 is 14.6 Å². The molecule has 0 saturated carbocycles. The summed E-state index contributed by atoms with van der Waals surface area (Å²) in [4.78, 5) is 25.1. The largest absolute Gasteiger partial charge is 0.483 e. The quantitative estimate of drug-likeness (QED) is 0.484. The van der Waals surface area contributed by atoms with Crippen LogP contribution in [0.4, 0.5) is 5.69 Å². The van der Waals surface area contributed by atoms with Gasteiger partial charge in [-0.2, -0.15) is 0 Å². The number of benzene rings is 2. The average molecular weight is 417 g/mol. The van der Waals surface area contributed by atoms with Gasteiger partial charge in [-0.3, -0.25) is 9.59 Å². The Kier molecular flexibility index (Phi) is 5.86. The van der Waals surface area contributed by atoms with Gasteiger partial charge in [0.2, 0.25) is 11.3 Å². The van der Waals surface area contributed by atoms with Crippen LogP contribution in [0.25, 0.3) is 10.9 Å². The predicted octanol–water partition coefficient (Wildman–Crippen LogP) is 3.05. The highest BCUT2D eigenvalue weighted by Crippen LogP contribution is 2.24. The number of carbonyl (C=O) groups excluding carboxylic acids is 1. The number of pyridine rings is 1. The van der Waals surface area contributed by atoms with Gasteiger partial charge < -0.3 is 24.3 Å². The van der Waals surface area contributed by atoms with Crippen LogP contribution in [0.2, 0.25) is 0 Å². The molecule has 0 saturated heterocycles. The minimum absolute atomic E-state index is 0.0684. The van der Waals surface area contributed by atoms with Gasteiger partial charge in [-0.1, -0.05) is 36.4 Å². The first-order valence-corrected chi connectivity index (χ1v) is 9.90. The highest BCUT2D eigenvalue weighted by Gasteiger charge is 2.13. The summed E-state index contributed by atoms with van der Waals surface area (Å²) in [5, 5.41) is 13.5. The van der Waals surface area contributed by atoms with Crippen LogP contribution in [0.15, 0.2) is 77.9 Å². The van der Waals surface area contributed by atoms with Crippen molar-refractivity contribution in [3.63, 3.8) is 0 Å². The molecular formula is C24H23N3O4. The van der Waals surface area contributed by atoms with Gasteiger partial charge in [0.15, 0.2) is 5.75 Å². The molecule has 0 radical (unpaired) electrons. The second-order valence-corrected chi connectivity index (χ2v) is 7.27. The van der Waals surface area contributed by atoms with Crippen molar-refractivity contribution in [2.24, 2.45) is 7.05 Å². The summed E-state index contributed by atoms with van der Waals surface area (Å²) in [6.45, 7) is -0.201. The van der Waals surface area contributed by atoms with E-state index in [4.69, 9.17) is 4.74 Å². The zero-order chi connectivity index (χ0) is 21.8. The van der Waals surface area contributed by atoms with Gasteiger partial charge in [0.05, 0.1) is 18.5 Å². The molecule has 2 N–H and O–H groups in total. The molecule has 0 aliphatic rings. The lowest BCUT2D eigenvalue weighted by Crippen LogP contribution is -2.23. The van der Waals surface area contributed by atoms with Crippen molar-refractivity contribution in [2.45, 2.75) is 19.8 Å². The summed E-state index contributed by atoms with van der Waals surface area (Å²) in [7, 11) is 1.94. The van der Waals surface area contributed by atoms with E-state index in [9.17, 15) is 14.7 Å². The monoisotopic (exact) mass is 417 g/mol. The van der Waals surface area contributed by atoms with Crippen LogP contribution in [0.1, 0.15) is 11.3 Å². The minimum atomic E-state index is -0.365. The van der Waals surface area contributed by atoms with Crippen molar-refractivity contribution in [2.75, 3.05) is 5.32 Å². The van der Waals surface area contributed by atoms with Crippen molar-refractivity contribution in [1.82, 2.24) is 9.13 Å². The van der Waals surface area contributed by atoms with Crippen molar-refractivity contribution in [3.05, 3.63) is 94.5 Å². The lowest BCUT2D eigenvalue weighted by Gasteiger charge is -2.15. The van der Waals surface area contributed by atoms with Gasteiger partial charge in [-0.25, -0.2) is 0 Å². The van der Waals surface area contributed by atoms with Gasteiger partial charge in [0, 0.05) is 35.9 Å². The number of aliphatic hydroxyl groups is 1. The smallest absolute Gasteiger partial charge is 0.244 e. The molecule has 0 unspecified atom stereocenters. The number of hydrogen-bond donors (Lipinski definition) is 2. The summed E-state index contributed by atoms with van der Waals surface area (Å²) >= 11 is 0. The van der Waals surface area contributed by atoms with Crippen LogP contribution in [-0.4, -0.2) is 20.1 Å². The third-order valence-corrected chi connectivity index (χ3v) is 5.10. The van der Waals surface area contributed by atoms with E-state index in [0.29, 0.717) is 11.4 Å². The minimum Gasteiger partial charge on any atom is -0.483 e. The number of nitrogens with zero attached hydrogens (tertiary/aromatic N) is 2. The zero-order valence-electron chi connectivity index (χ0n) is 17.1. The number of fused-ring (bicyclic) bond motifs is 1. The van der Waals surface area contributed by atoms with Crippen molar-refractivity contribution in [3.8, 4) is 5.75 Å². The Morgan fingerprint density at radius 2 is 1.90 bits per heavy atom. The maximum atomic E-state index is 12.7. The molecule has 158 valence electrons. The van der Waals surface area contributed by atoms with Crippen LogP contribution < -0.4 is 15.5 Å². The summed E-state index contributed by atoms with van der Waals surface area (Å²) in [5.74, 6) is -0.150. The topological polar surface area (TPSA) is 85.5 Å². The Balaban J connectivity index is 1.53. The van der Waals surface area contributed by atoms with Gasteiger partial charge in [-0.05, 0) is 23.8 Å². The number of aryl methyl sites for hydroxylation is 1. The van der Waals surface area contributed by atoms with E-state index in [0.717, 1.165) is 16.5 Å². The number of anilines is 1. The number of aromatic nitrogens is 2. The number of aliphatic hydroxyl groups excluding tert-OH is 1. The first-order valence-electron chi connectivity index (χ1n) is 9.90. The van der Waals surface area contributed by atoms with Crippen LogP contribution in [0, 0.1) is 0 Å². The van der Waals surface area contributed by atoms with Gasteiger partial charge in [0.1, 0.15) is 13.2 Å². The van der Waals surface area contributed by atoms with E-state index >= 15 is 0 Å². The number of rotatable bonds is 7. The molecule has 0 atom stereocenters. The van der Waals surface area contributed by atoms with E-state index in [1.54, 1.807) is 0 Å². The lowest BCUT2D eigenvalue weighted by molar-refractivity contribution is -0.116. The lowest BCUT2D eigenvalue weighted by atomic mass is 10.2. The van der Waals surface area contributed by atoms with E-state index in [1.165, 1.54) is 16.8 Å². The Morgan fingerprint density at radius 1 is 1.10 bits per heavy atom. The zero-order valence-corrected chi connectivity index (χ0v) is 17.1. The maximum absolute atomic E-state index is 12.7. The molecule has 7 nitrogen and oxygen atoms in total. The highest BCUT2D eigenvalue weighted by molar-refractivity contribution is 6.01. The molecule has 7 heteroatoms. The second kappa shape index (κ2) is 8.89. The molecule has 31 heavy (non-hydrogen) atoms. The molecule has 4 rings (SSSR count). The van der Waals surface area contributed by atoms with E-state index < -0.39 is 0 Å². The molecule has 0 spiro atoms. The van der Waals surface area contributed by atoms with Gasteiger partial charge >= 0.3 is 0 Å². The Hall–Kier alpha value is -3.84. The molecule has 2 heterocycles. The first-order chi connectivity index (χ1) is 15.0. The Labute approximate surface area is 179 Å². The van der Waals surface area contributed by atoms with Crippen LogP contribution >= 0.6 is 0 Å². The molecule has 4 aromatic rings. The SMILES string of the molecule is Cn1ccc2c(NC(=O)Cn3cc(OCc4ccccc4)c(=O)cc3CO)cccc21. The summed E-state index contributed by atoms with van der Waals surface area (Å²) in [5.41, 5.74) is 2.63. The third-order valence-electron chi connectivity index (χ3n) is 5.10. The second-order valence-electron chi connectivity index (χ2n) is 7.27. The molecular weight excluding hydrogens is 394 g/mol. The normalized spacial score (nSPS) is 10.9. The molecule has 0 fully saturated rings. The third kappa shape index (κ3) is 4.51. The maximum Gasteiger partial charge on any atom is 0.244 e. The fraction of sp³-hybridized carbons (Fsp3) is 0.167. The summed E-state index contributed by atoms with van der Waals surface area (Å²) < 4.78 is 9.18. The summed E-state index contributed by atoms with van der Waals surface area (Å²) in [6, 6.07) is 18.4. The van der Waals surface area contributed by atoms with Crippen molar-refractivity contribution >= 4 is 22.5 Å². The number of hydrogen-bond acceptors (Lipinski definition) is 4. The van der Waals surface area contributed by atoms with Gasteiger partial charge in [0.25, 0.3) is 0 Å². The average Bonchev–Trinajstić information content (AvgIpc) is 3.16. The number of ether oxygens (including phenoxy) is 1. The molecule has 0 aliphatic carbocycles. The van der Waals surface area contributed by atoms with Crippen molar-refractivity contribution in [1.29, 1.82) is 0 Å². The number of amides is 1. The molecule has 0 aliphatic heterocycles. The highest BCUT2D eigenvalue weighted by atomic mass is 16.5. The fourth-order valence-electron chi connectivity index (χ4n) is 3.48. The molecule has 2 aromatic carbocycles.